The monoisotopic (exact) mass is 308 g/mol. The number of nitrogens with zero attached hydrogens (tertiary/aromatic N) is 1. The smallest absolute Gasteiger partial charge is 0.323 e. The average Bonchev–Trinajstić information content (AvgIpc) is 2.37. The Kier molecular flexibility index (Phi) is 5.27. The number of rotatable bonds is 5. The van der Waals surface area contributed by atoms with Gasteiger partial charge in [-0.3, -0.25) is 4.79 Å². The minimum Gasteiger partial charge on any atom is -0.480 e. The third-order valence-electron chi connectivity index (χ3n) is 3.99. The maximum atomic E-state index is 11.7. The molecule has 5 heteroatoms. The van der Waals surface area contributed by atoms with Crippen LogP contribution in [0.2, 0.25) is 0 Å². The van der Waals surface area contributed by atoms with E-state index in [0.29, 0.717) is 24.6 Å². The molecule has 2 atom stereocenters. The second kappa shape index (κ2) is 6.79. The molecule has 116 valence electrons. The maximum Gasteiger partial charge on any atom is 0.323 e. The number of hydrogen-bond donors (Lipinski definition) is 2. The fourth-order valence-corrected chi connectivity index (χ4v) is 4.57. The second-order valence-electron chi connectivity index (χ2n) is 5.88. The number of carbonyl (C=O) groups is 1. The molecule has 0 amide bonds. The number of carboxylic acids is 1. The van der Waals surface area contributed by atoms with E-state index in [0.717, 1.165) is 23.6 Å². The predicted octanol–water partition coefficient (Wildman–Crippen LogP) is 3.17. The first-order valence-electron chi connectivity index (χ1n) is 7.55. The molecule has 0 bridgehead atoms. The normalized spacial score (nSPS) is 25.8. The molecule has 1 aromatic heterocycles. The zero-order valence-electron chi connectivity index (χ0n) is 13.0. The van der Waals surface area contributed by atoms with Gasteiger partial charge in [0.1, 0.15) is 5.54 Å². The Hall–Kier alpha value is -1.07. The molecule has 0 radical (unpaired) electrons. The van der Waals surface area contributed by atoms with E-state index < -0.39 is 11.5 Å². The fourth-order valence-electron chi connectivity index (χ4n) is 3.13. The fraction of sp³-hybridized carbons (Fsp3) is 0.625. The van der Waals surface area contributed by atoms with Crippen LogP contribution in [-0.4, -0.2) is 33.4 Å². The van der Waals surface area contributed by atoms with E-state index >= 15 is 0 Å². The molecular formula is C16H24N2O2S. The van der Waals surface area contributed by atoms with Crippen LogP contribution in [0.3, 0.4) is 0 Å². The van der Waals surface area contributed by atoms with E-state index in [1.165, 1.54) is 5.56 Å². The first-order chi connectivity index (χ1) is 9.95. The lowest BCUT2D eigenvalue weighted by Crippen LogP contribution is -2.55. The minimum absolute atomic E-state index is 0.308. The quantitative estimate of drug-likeness (QED) is 0.875. The van der Waals surface area contributed by atoms with Crippen LogP contribution >= 0.6 is 11.8 Å². The molecule has 1 heterocycles. The summed E-state index contributed by atoms with van der Waals surface area (Å²) in [5.74, 6) is -0.719. The SMILES string of the molecule is CCNC1(C(=O)O)CCCC(Sc2cc(C)cc(C)n2)C1. The van der Waals surface area contributed by atoms with Gasteiger partial charge in [0.05, 0.1) is 5.03 Å². The molecule has 2 unspecified atom stereocenters. The Morgan fingerprint density at radius 3 is 2.90 bits per heavy atom. The van der Waals surface area contributed by atoms with Gasteiger partial charge in [0.15, 0.2) is 0 Å². The molecule has 1 aromatic rings. The van der Waals surface area contributed by atoms with Gasteiger partial charge in [-0.2, -0.15) is 0 Å². The van der Waals surface area contributed by atoms with Crippen molar-refractivity contribution < 1.29 is 9.90 Å². The molecule has 0 saturated heterocycles. The van der Waals surface area contributed by atoms with Gasteiger partial charge in [0.2, 0.25) is 0 Å². The molecule has 2 N–H and O–H groups in total. The van der Waals surface area contributed by atoms with Crippen molar-refractivity contribution in [3.05, 3.63) is 23.4 Å². The lowest BCUT2D eigenvalue weighted by molar-refractivity contribution is -0.146. The highest BCUT2D eigenvalue weighted by Gasteiger charge is 2.42. The number of aryl methyl sites for hydroxylation is 2. The van der Waals surface area contributed by atoms with Gasteiger partial charge in [0.25, 0.3) is 0 Å². The Bertz CT molecular complexity index is 497. The largest absolute Gasteiger partial charge is 0.480 e. The molecular weight excluding hydrogens is 284 g/mol. The van der Waals surface area contributed by atoms with Crippen molar-refractivity contribution in [2.75, 3.05) is 6.54 Å². The van der Waals surface area contributed by atoms with Crippen molar-refractivity contribution in [1.29, 1.82) is 0 Å². The van der Waals surface area contributed by atoms with Crippen LogP contribution in [0.1, 0.15) is 43.9 Å². The first-order valence-corrected chi connectivity index (χ1v) is 8.43. The molecule has 0 aliphatic heterocycles. The minimum atomic E-state index is -0.760. The van der Waals surface area contributed by atoms with E-state index in [1.54, 1.807) is 11.8 Å². The molecule has 1 aliphatic rings. The summed E-state index contributed by atoms with van der Waals surface area (Å²) in [5.41, 5.74) is 1.46. The average molecular weight is 308 g/mol. The topological polar surface area (TPSA) is 62.2 Å². The van der Waals surface area contributed by atoms with Crippen LogP contribution in [0, 0.1) is 13.8 Å². The summed E-state index contributed by atoms with van der Waals surface area (Å²) in [6.07, 6.45) is 3.38. The first kappa shape index (κ1) is 16.3. The van der Waals surface area contributed by atoms with E-state index in [1.807, 2.05) is 13.8 Å². The van der Waals surface area contributed by atoms with Gasteiger partial charge in [-0.05, 0) is 63.8 Å². The molecule has 4 nitrogen and oxygen atoms in total. The van der Waals surface area contributed by atoms with E-state index in [2.05, 4.69) is 29.4 Å². The highest BCUT2D eigenvalue weighted by Crippen LogP contribution is 2.38. The summed E-state index contributed by atoms with van der Waals surface area (Å²) in [4.78, 5) is 16.2. The van der Waals surface area contributed by atoms with Crippen molar-refractivity contribution in [2.45, 2.75) is 62.3 Å². The molecule has 0 aromatic carbocycles. The number of thioether (sulfide) groups is 1. The van der Waals surface area contributed by atoms with Crippen molar-refractivity contribution in [3.63, 3.8) is 0 Å². The van der Waals surface area contributed by atoms with Gasteiger partial charge in [0, 0.05) is 10.9 Å². The number of carboxylic acid groups (broad SMARTS) is 1. The van der Waals surface area contributed by atoms with Gasteiger partial charge >= 0.3 is 5.97 Å². The highest BCUT2D eigenvalue weighted by molar-refractivity contribution is 7.99. The molecule has 2 rings (SSSR count). The summed E-state index contributed by atoms with van der Waals surface area (Å²) in [7, 11) is 0. The Morgan fingerprint density at radius 1 is 1.52 bits per heavy atom. The summed E-state index contributed by atoms with van der Waals surface area (Å²) < 4.78 is 0. The molecule has 1 saturated carbocycles. The Labute approximate surface area is 130 Å². The van der Waals surface area contributed by atoms with Crippen molar-refractivity contribution >= 4 is 17.7 Å². The van der Waals surface area contributed by atoms with Crippen molar-refractivity contribution in [2.24, 2.45) is 0 Å². The van der Waals surface area contributed by atoms with Gasteiger partial charge in [-0.25, -0.2) is 4.98 Å². The van der Waals surface area contributed by atoms with Crippen molar-refractivity contribution in [1.82, 2.24) is 10.3 Å². The third-order valence-corrected chi connectivity index (χ3v) is 5.18. The van der Waals surface area contributed by atoms with Crippen LogP contribution in [0.25, 0.3) is 0 Å². The molecule has 21 heavy (non-hydrogen) atoms. The maximum absolute atomic E-state index is 11.7. The predicted molar refractivity (Wildman–Crippen MR) is 85.9 cm³/mol. The summed E-state index contributed by atoms with van der Waals surface area (Å²) >= 11 is 1.72. The molecule has 0 spiro atoms. The van der Waals surface area contributed by atoms with Crippen LogP contribution in [0.4, 0.5) is 0 Å². The lowest BCUT2D eigenvalue weighted by Gasteiger charge is -2.37. The van der Waals surface area contributed by atoms with Gasteiger partial charge in [-0.15, -0.1) is 11.8 Å². The van der Waals surface area contributed by atoms with E-state index in [4.69, 9.17) is 0 Å². The van der Waals surface area contributed by atoms with E-state index in [-0.39, 0.29) is 0 Å². The summed E-state index contributed by atoms with van der Waals surface area (Å²) in [5, 5.41) is 14.1. The number of aliphatic carboxylic acids is 1. The number of hydrogen-bond acceptors (Lipinski definition) is 4. The number of nitrogens with one attached hydrogen (secondary N) is 1. The number of aromatic nitrogens is 1. The molecule has 1 aliphatic carbocycles. The Balaban J connectivity index is 2.11. The summed E-state index contributed by atoms with van der Waals surface area (Å²) in [6.45, 7) is 6.72. The zero-order chi connectivity index (χ0) is 15.5. The number of likely N-dealkylation sites (N-methyl/N-ethyl adjacent to an activating group) is 1. The van der Waals surface area contributed by atoms with Crippen LogP contribution in [-0.2, 0) is 4.79 Å². The van der Waals surface area contributed by atoms with Crippen molar-refractivity contribution in [3.8, 4) is 0 Å². The van der Waals surface area contributed by atoms with Crippen LogP contribution < -0.4 is 5.32 Å². The standard InChI is InChI=1S/C16H24N2O2S/c1-4-17-16(15(19)20)7-5-6-13(10-16)21-14-9-11(2)8-12(3)18-14/h8-9,13,17H,4-7,10H2,1-3H3,(H,19,20). The van der Waals surface area contributed by atoms with Gasteiger partial charge < -0.3 is 10.4 Å². The van der Waals surface area contributed by atoms with Gasteiger partial charge in [-0.1, -0.05) is 6.92 Å². The highest BCUT2D eigenvalue weighted by atomic mass is 32.2. The number of pyridine rings is 1. The lowest BCUT2D eigenvalue weighted by atomic mass is 9.81. The summed E-state index contributed by atoms with van der Waals surface area (Å²) in [6, 6.07) is 4.15. The molecule has 1 fully saturated rings. The van der Waals surface area contributed by atoms with Crippen LogP contribution in [0.15, 0.2) is 17.2 Å². The zero-order valence-corrected chi connectivity index (χ0v) is 13.8. The van der Waals surface area contributed by atoms with Crippen LogP contribution in [0.5, 0.6) is 0 Å². The Morgan fingerprint density at radius 2 is 2.29 bits per heavy atom. The second-order valence-corrected chi connectivity index (χ2v) is 7.20. The van der Waals surface area contributed by atoms with E-state index in [9.17, 15) is 9.90 Å². The third kappa shape index (κ3) is 3.98.